The van der Waals surface area contributed by atoms with Crippen molar-refractivity contribution < 1.29 is 38.6 Å². The fourth-order valence-corrected chi connectivity index (χ4v) is 3.78. The van der Waals surface area contributed by atoms with Gasteiger partial charge in [0.15, 0.2) is 9.84 Å². The Bertz CT molecular complexity index is 936. The molecule has 0 aromatic heterocycles. The molecule has 3 N–H and O–H groups in total. The minimum atomic E-state index is -4.17. The smallest absolute Gasteiger partial charge is 0.337 e. The van der Waals surface area contributed by atoms with Gasteiger partial charge in [-0.1, -0.05) is 24.3 Å². The Morgan fingerprint density at radius 1 is 1.08 bits per heavy atom. The maximum Gasteiger partial charge on any atom is 0.337 e. The molecule has 0 amide bonds. The van der Waals surface area contributed by atoms with Crippen LogP contribution in [0.25, 0.3) is 0 Å². The minimum Gasteiger partial charge on any atom is -0.545 e. The topological polar surface area (TPSA) is 155 Å². The number of rotatable bonds is 6. The molecule has 0 atom stereocenters. The second kappa shape index (κ2) is 6.89. The maximum absolute atomic E-state index is 12.5. The molecule has 0 bridgehead atoms. The van der Waals surface area contributed by atoms with Crippen LogP contribution in [0.5, 0.6) is 0 Å². The van der Waals surface area contributed by atoms with Gasteiger partial charge in [0.05, 0.1) is 27.9 Å². The lowest BCUT2D eigenvalue weighted by Crippen LogP contribution is -2.23. The van der Waals surface area contributed by atoms with Gasteiger partial charge >= 0.3 is 5.97 Å². The number of carboxylic acid groups (broad SMARTS) is 2. The number of sulfone groups is 1. The third-order valence-corrected chi connectivity index (χ3v) is 5.05. The van der Waals surface area contributed by atoms with Gasteiger partial charge in [0.1, 0.15) is 0 Å². The van der Waals surface area contributed by atoms with Crippen LogP contribution in [0.1, 0.15) is 26.3 Å². The summed E-state index contributed by atoms with van der Waals surface area (Å²) in [6.45, 7) is 0. The number of hydrogen-bond donors (Lipinski definition) is 3. The summed E-state index contributed by atoms with van der Waals surface area (Å²) in [7, 11) is -4.17. The lowest BCUT2D eigenvalue weighted by molar-refractivity contribution is -0.255. The van der Waals surface area contributed by atoms with E-state index in [0.717, 1.165) is 30.3 Å². The van der Waals surface area contributed by atoms with Crippen LogP contribution in [0.3, 0.4) is 0 Å². The molecule has 0 heterocycles. The van der Waals surface area contributed by atoms with Gasteiger partial charge in [-0.15, -0.1) is 5.23 Å². The normalized spacial score (nSPS) is 11.1. The number of nitrogens with zero attached hydrogens (tertiary/aromatic N) is 1. The molecule has 2 aromatic carbocycles. The first-order chi connectivity index (χ1) is 11.6. The summed E-state index contributed by atoms with van der Waals surface area (Å²) in [6.07, 6.45) is 0. The number of benzene rings is 2. The molecule has 2 rings (SSSR count). The number of carbonyl (C=O) groups excluding carboxylic acids is 1. The van der Waals surface area contributed by atoms with Gasteiger partial charge < -0.3 is 15.0 Å². The van der Waals surface area contributed by atoms with E-state index >= 15 is 0 Å². The maximum atomic E-state index is 12.5. The van der Waals surface area contributed by atoms with E-state index in [1.807, 2.05) is 0 Å². The predicted octanol–water partition coefficient (Wildman–Crippen LogP) is 0.307. The molecule has 0 saturated heterocycles. The number of aromatic carboxylic acids is 2. The van der Waals surface area contributed by atoms with Crippen LogP contribution in [0.2, 0.25) is 0 Å². The van der Waals surface area contributed by atoms with Crippen molar-refractivity contribution in [2.75, 3.05) is 5.23 Å². The van der Waals surface area contributed by atoms with Gasteiger partial charge in [-0.25, -0.2) is 13.2 Å². The third kappa shape index (κ3) is 3.94. The molecule has 9 nitrogen and oxygen atoms in total. The Balaban J connectivity index is 2.52. The predicted molar refractivity (Wildman–Crippen MR) is 81.1 cm³/mol. The summed E-state index contributed by atoms with van der Waals surface area (Å²) in [4.78, 5) is 21.6. The fourth-order valence-electron chi connectivity index (χ4n) is 2.20. The molecule has 0 fully saturated rings. The minimum absolute atomic E-state index is 0.143. The molecule has 2 aromatic rings. The molecule has 0 saturated carbocycles. The number of hydrogen-bond acceptors (Lipinski definition) is 8. The summed E-state index contributed by atoms with van der Waals surface area (Å²) < 4.78 is 25.1. The van der Waals surface area contributed by atoms with E-state index in [0.29, 0.717) is 0 Å². The van der Waals surface area contributed by atoms with Crippen molar-refractivity contribution in [1.29, 1.82) is 0 Å². The molecule has 0 spiro atoms. The first-order valence-corrected chi connectivity index (χ1v) is 8.36. The van der Waals surface area contributed by atoms with E-state index in [1.54, 1.807) is 0 Å². The zero-order valence-corrected chi connectivity index (χ0v) is 13.3. The second-order valence-electron chi connectivity index (χ2n) is 4.98. The van der Waals surface area contributed by atoms with Crippen molar-refractivity contribution in [2.45, 2.75) is 10.6 Å². The van der Waals surface area contributed by atoms with Crippen molar-refractivity contribution >= 4 is 27.5 Å². The van der Waals surface area contributed by atoms with E-state index in [9.17, 15) is 33.5 Å². The largest absolute Gasteiger partial charge is 0.545 e. The third-order valence-electron chi connectivity index (χ3n) is 3.33. The lowest BCUT2D eigenvalue weighted by atomic mass is 10.1. The van der Waals surface area contributed by atoms with Gasteiger partial charge in [0.2, 0.25) is 0 Å². The molecule has 10 heteroatoms. The molecule has 132 valence electrons. The summed E-state index contributed by atoms with van der Waals surface area (Å²) in [5.41, 5.74) is -1.45. The molecular weight excluding hydrogens is 354 g/mol. The summed E-state index contributed by atoms with van der Waals surface area (Å²) >= 11 is 0. The summed E-state index contributed by atoms with van der Waals surface area (Å²) in [5.74, 6) is -3.80. The zero-order chi connectivity index (χ0) is 18.8. The van der Waals surface area contributed by atoms with Crippen molar-refractivity contribution in [3.05, 3.63) is 59.2 Å². The average Bonchev–Trinajstić information content (AvgIpc) is 2.54. The van der Waals surface area contributed by atoms with Crippen LogP contribution >= 0.6 is 0 Å². The number of carbonyl (C=O) groups is 2. The average molecular weight is 366 g/mol. The van der Waals surface area contributed by atoms with Gasteiger partial charge in [-0.3, -0.25) is 10.4 Å². The van der Waals surface area contributed by atoms with Gasteiger partial charge in [0.25, 0.3) is 0 Å². The highest BCUT2D eigenvalue weighted by atomic mass is 32.2. The zero-order valence-electron chi connectivity index (χ0n) is 12.5. The highest BCUT2D eigenvalue weighted by Gasteiger charge is 2.24. The monoisotopic (exact) mass is 366 g/mol. The number of carboxylic acids is 2. The molecule has 0 radical (unpaired) electrons. The van der Waals surface area contributed by atoms with E-state index in [2.05, 4.69) is 0 Å². The van der Waals surface area contributed by atoms with Crippen LogP contribution in [-0.2, 0) is 15.6 Å². The Kier molecular flexibility index (Phi) is 5.07. The lowest BCUT2D eigenvalue weighted by Gasteiger charge is -2.16. The van der Waals surface area contributed by atoms with E-state index in [-0.39, 0.29) is 5.56 Å². The quantitative estimate of drug-likeness (QED) is 0.612. The first-order valence-electron chi connectivity index (χ1n) is 6.70. The van der Waals surface area contributed by atoms with Crippen molar-refractivity contribution in [1.82, 2.24) is 0 Å². The molecule has 0 aliphatic carbocycles. The Morgan fingerprint density at radius 2 is 1.72 bits per heavy atom. The highest BCUT2D eigenvalue weighted by molar-refractivity contribution is 7.90. The molecule has 0 unspecified atom stereocenters. The van der Waals surface area contributed by atoms with E-state index in [1.165, 1.54) is 12.1 Å². The molecular formula is C15H12NO8S-. The highest BCUT2D eigenvalue weighted by Crippen LogP contribution is 2.26. The van der Waals surface area contributed by atoms with Crippen LogP contribution in [0, 0.1) is 0 Å². The van der Waals surface area contributed by atoms with Gasteiger partial charge in [-0.05, 0) is 29.3 Å². The summed E-state index contributed by atoms with van der Waals surface area (Å²) in [5, 5.41) is 37.9. The number of anilines is 1. The SMILES string of the molecule is O=C([O-])c1ccc(CS(=O)(=O)c2ccccc2C(=O)O)c(N(O)O)c1. The van der Waals surface area contributed by atoms with Crippen molar-refractivity contribution in [2.24, 2.45) is 0 Å². The van der Waals surface area contributed by atoms with Gasteiger partial charge in [0, 0.05) is 0 Å². The van der Waals surface area contributed by atoms with Crippen LogP contribution in [-0.4, -0.2) is 35.9 Å². The van der Waals surface area contributed by atoms with Crippen molar-refractivity contribution in [3.8, 4) is 0 Å². The molecule has 25 heavy (non-hydrogen) atoms. The Morgan fingerprint density at radius 3 is 2.28 bits per heavy atom. The van der Waals surface area contributed by atoms with Gasteiger partial charge in [-0.2, -0.15) is 0 Å². The second-order valence-corrected chi connectivity index (χ2v) is 6.94. The molecule has 0 aliphatic heterocycles. The standard InChI is InChI=1S/C15H13NO8S/c17-14(18)9-5-6-10(12(7-9)16(21)22)8-25(23,24)13-4-2-1-3-11(13)15(19)20/h1-7,21-22H,8H2,(H,17,18)(H,19,20)/p-1. The fraction of sp³-hybridized carbons (Fsp3) is 0.0667. The molecule has 0 aliphatic rings. The van der Waals surface area contributed by atoms with E-state index in [4.69, 9.17) is 5.11 Å². The van der Waals surface area contributed by atoms with Crippen LogP contribution in [0.15, 0.2) is 47.4 Å². The summed E-state index contributed by atoms with van der Waals surface area (Å²) in [6, 6.07) is 7.89. The van der Waals surface area contributed by atoms with Crippen molar-refractivity contribution in [3.63, 3.8) is 0 Å². The van der Waals surface area contributed by atoms with Crippen LogP contribution < -0.4 is 10.3 Å². The van der Waals surface area contributed by atoms with E-state index < -0.39 is 54.5 Å². The first kappa shape index (κ1) is 18.4. The Hall–Kier alpha value is -2.95. The Labute approximate surface area is 141 Å². The van der Waals surface area contributed by atoms with Crippen LogP contribution in [0.4, 0.5) is 5.69 Å².